The normalized spacial score (nSPS) is 16.7. The number of carboxylic acids is 1. The molecule has 2 N–H and O–H groups in total. The van der Waals surface area contributed by atoms with E-state index in [2.05, 4.69) is 18.8 Å². The molecule has 2 aromatic rings. The fourth-order valence-electron chi connectivity index (χ4n) is 4.64. The zero-order valence-electron chi connectivity index (χ0n) is 22.0. The van der Waals surface area contributed by atoms with Gasteiger partial charge in [-0.3, -0.25) is 4.98 Å². The summed E-state index contributed by atoms with van der Waals surface area (Å²) < 4.78 is 40.5. The lowest BCUT2D eigenvalue weighted by Gasteiger charge is -2.41. The quantitative estimate of drug-likeness (QED) is 0.519. The van der Waals surface area contributed by atoms with Crippen molar-refractivity contribution in [3.8, 4) is 16.9 Å². The third-order valence-corrected chi connectivity index (χ3v) is 6.50. The van der Waals surface area contributed by atoms with E-state index in [-0.39, 0.29) is 22.2 Å². The third-order valence-electron chi connectivity index (χ3n) is 6.50. The molecule has 2 heterocycles. The van der Waals surface area contributed by atoms with E-state index in [0.717, 1.165) is 25.0 Å². The monoisotopic (exact) mass is 506 g/mol. The van der Waals surface area contributed by atoms with Crippen LogP contribution in [0.4, 0.5) is 14.5 Å². The molecule has 0 aliphatic carbocycles. The zero-order chi connectivity index (χ0) is 27.0. The van der Waals surface area contributed by atoms with Crippen LogP contribution in [0, 0.1) is 24.0 Å². The zero-order valence-corrected chi connectivity index (χ0v) is 22.0. The molecular formula is C27H36F2N2O5. The van der Waals surface area contributed by atoms with Crippen molar-refractivity contribution in [2.45, 2.75) is 72.7 Å². The number of aromatic nitrogens is 1. The maximum Gasteiger partial charge on any atom is 0.337 e. The van der Waals surface area contributed by atoms with Crippen molar-refractivity contribution < 1.29 is 33.3 Å². The molecule has 9 heteroatoms. The number of aliphatic carboxylic acids is 1. The molecule has 1 atom stereocenters. The van der Waals surface area contributed by atoms with Crippen LogP contribution in [0.5, 0.6) is 5.75 Å². The molecular weight excluding hydrogens is 470 g/mol. The Balaban J connectivity index is 2.40. The number of benzene rings is 1. The molecule has 198 valence electrons. The van der Waals surface area contributed by atoms with Crippen LogP contribution in [0.1, 0.15) is 70.5 Å². The SMILES string of the molecule is COc1c(F)cc(-c2c(CO)nc(C)c(C(OC(C)(C)C)C(=O)O)c2N2CCC(C)(C)CC2)cc1F. The molecule has 1 saturated heterocycles. The molecule has 1 fully saturated rings. The average Bonchev–Trinajstić information content (AvgIpc) is 2.76. The maximum absolute atomic E-state index is 14.8. The summed E-state index contributed by atoms with van der Waals surface area (Å²) in [5, 5.41) is 20.4. The number of pyridine rings is 1. The summed E-state index contributed by atoms with van der Waals surface area (Å²) in [4.78, 5) is 19.0. The van der Waals surface area contributed by atoms with Gasteiger partial charge < -0.3 is 24.6 Å². The molecule has 3 rings (SSSR count). The van der Waals surface area contributed by atoms with Gasteiger partial charge in [-0.15, -0.1) is 0 Å². The number of rotatable bonds is 7. The fraction of sp³-hybridized carbons (Fsp3) is 0.556. The molecule has 1 aromatic heterocycles. The molecule has 0 saturated carbocycles. The highest BCUT2D eigenvalue weighted by molar-refractivity contribution is 5.88. The molecule has 0 radical (unpaired) electrons. The lowest BCUT2D eigenvalue weighted by molar-refractivity contribution is -0.160. The van der Waals surface area contributed by atoms with Gasteiger partial charge in [0.25, 0.3) is 0 Å². The number of nitrogens with zero attached hydrogens (tertiary/aromatic N) is 2. The average molecular weight is 507 g/mol. The number of halogens is 2. The summed E-state index contributed by atoms with van der Waals surface area (Å²) in [5.41, 5.74) is 1.03. The van der Waals surface area contributed by atoms with Crippen molar-refractivity contribution in [1.29, 1.82) is 0 Å². The van der Waals surface area contributed by atoms with Crippen molar-refractivity contribution in [3.05, 3.63) is 40.7 Å². The number of aliphatic hydroxyl groups is 1. The number of methoxy groups -OCH3 is 1. The van der Waals surface area contributed by atoms with Crippen LogP contribution < -0.4 is 9.64 Å². The summed E-state index contributed by atoms with van der Waals surface area (Å²) in [6.07, 6.45) is 0.261. The van der Waals surface area contributed by atoms with Crippen molar-refractivity contribution in [2.24, 2.45) is 5.41 Å². The van der Waals surface area contributed by atoms with Crippen LogP contribution in [0.3, 0.4) is 0 Å². The predicted octanol–water partition coefficient (Wildman–Crippen LogP) is 5.40. The second kappa shape index (κ2) is 10.3. The van der Waals surface area contributed by atoms with E-state index in [1.54, 1.807) is 27.7 Å². The van der Waals surface area contributed by atoms with Gasteiger partial charge in [0.2, 0.25) is 0 Å². The number of anilines is 1. The molecule has 0 bridgehead atoms. The highest BCUT2D eigenvalue weighted by Crippen LogP contribution is 2.45. The molecule has 1 aromatic carbocycles. The molecule has 1 aliphatic heterocycles. The second-order valence-corrected chi connectivity index (χ2v) is 11.0. The summed E-state index contributed by atoms with van der Waals surface area (Å²) >= 11 is 0. The number of aliphatic hydroxyl groups excluding tert-OH is 1. The second-order valence-electron chi connectivity index (χ2n) is 11.0. The Kier molecular flexibility index (Phi) is 7.95. The Hall–Kier alpha value is -2.78. The highest BCUT2D eigenvalue weighted by Gasteiger charge is 2.37. The van der Waals surface area contributed by atoms with Crippen molar-refractivity contribution in [1.82, 2.24) is 4.98 Å². The van der Waals surface area contributed by atoms with Gasteiger partial charge >= 0.3 is 5.97 Å². The van der Waals surface area contributed by atoms with Crippen LogP contribution in [0.2, 0.25) is 0 Å². The van der Waals surface area contributed by atoms with Gasteiger partial charge in [0, 0.05) is 29.9 Å². The summed E-state index contributed by atoms with van der Waals surface area (Å²) in [7, 11) is 1.17. The largest absolute Gasteiger partial charge is 0.491 e. The van der Waals surface area contributed by atoms with E-state index >= 15 is 0 Å². The first-order valence-electron chi connectivity index (χ1n) is 12.0. The smallest absolute Gasteiger partial charge is 0.337 e. The van der Waals surface area contributed by atoms with Crippen LogP contribution in [0.25, 0.3) is 11.1 Å². The van der Waals surface area contributed by atoms with Crippen molar-refractivity contribution >= 4 is 11.7 Å². The number of hydrogen-bond donors (Lipinski definition) is 2. The van der Waals surface area contributed by atoms with E-state index in [9.17, 15) is 23.8 Å². The van der Waals surface area contributed by atoms with Gasteiger partial charge in [0.1, 0.15) is 0 Å². The van der Waals surface area contributed by atoms with E-state index in [1.807, 2.05) is 4.90 Å². The first-order valence-corrected chi connectivity index (χ1v) is 12.0. The topological polar surface area (TPSA) is 92.1 Å². The Morgan fingerprint density at radius 3 is 2.19 bits per heavy atom. The van der Waals surface area contributed by atoms with Gasteiger partial charge in [-0.2, -0.15) is 0 Å². The predicted molar refractivity (Wildman–Crippen MR) is 133 cm³/mol. The van der Waals surface area contributed by atoms with E-state index in [1.165, 1.54) is 7.11 Å². The van der Waals surface area contributed by atoms with Crippen LogP contribution in [-0.4, -0.2) is 47.0 Å². The number of ether oxygens (including phenoxy) is 2. The molecule has 1 aliphatic rings. The number of carbonyl (C=O) groups is 1. The third kappa shape index (κ3) is 5.78. The Labute approximate surface area is 211 Å². The Morgan fingerprint density at radius 2 is 1.75 bits per heavy atom. The van der Waals surface area contributed by atoms with E-state index in [0.29, 0.717) is 30.0 Å². The number of piperidine rings is 1. The molecule has 1 unspecified atom stereocenters. The number of hydrogen-bond acceptors (Lipinski definition) is 6. The van der Waals surface area contributed by atoms with Gasteiger partial charge in [-0.1, -0.05) is 13.8 Å². The fourth-order valence-corrected chi connectivity index (χ4v) is 4.64. The minimum absolute atomic E-state index is 0.0884. The van der Waals surface area contributed by atoms with Gasteiger partial charge in [0.05, 0.1) is 30.7 Å². The summed E-state index contributed by atoms with van der Waals surface area (Å²) in [6, 6.07) is 2.24. The van der Waals surface area contributed by atoms with Crippen LogP contribution in [0.15, 0.2) is 12.1 Å². The van der Waals surface area contributed by atoms with Crippen molar-refractivity contribution in [2.75, 3.05) is 25.1 Å². The lowest BCUT2D eigenvalue weighted by Crippen LogP contribution is -2.39. The Morgan fingerprint density at radius 1 is 1.19 bits per heavy atom. The molecule has 36 heavy (non-hydrogen) atoms. The molecule has 7 nitrogen and oxygen atoms in total. The van der Waals surface area contributed by atoms with Gasteiger partial charge in [0.15, 0.2) is 23.5 Å². The standard InChI is InChI=1S/C27H36F2N2O5/c1-15-20(24(25(33)34)36-26(2,3)4)22(31-10-8-27(5,6)9-11-31)21(19(14-32)30-15)16-12-17(28)23(35-7)18(29)13-16/h12-13,24,32H,8-11,14H2,1-7H3,(H,33,34). The summed E-state index contributed by atoms with van der Waals surface area (Å²) in [6.45, 7) is 11.9. The first kappa shape index (κ1) is 27.8. The molecule has 0 amide bonds. The van der Waals surface area contributed by atoms with E-state index in [4.69, 9.17) is 9.47 Å². The van der Waals surface area contributed by atoms with Crippen molar-refractivity contribution in [3.63, 3.8) is 0 Å². The minimum Gasteiger partial charge on any atom is -0.491 e. The Bertz CT molecular complexity index is 1110. The van der Waals surface area contributed by atoms with Crippen LogP contribution in [-0.2, 0) is 16.1 Å². The van der Waals surface area contributed by atoms with Crippen LogP contribution >= 0.6 is 0 Å². The van der Waals surface area contributed by atoms with Gasteiger partial charge in [-0.25, -0.2) is 13.6 Å². The lowest BCUT2D eigenvalue weighted by atomic mass is 9.81. The number of carboxylic acid groups (broad SMARTS) is 1. The number of aryl methyl sites for hydroxylation is 1. The maximum atomic E-state index is 14.8. The minimum atomic E-state index is -1.39. The van der Waals surface area contributed by atoms with Gasteiger partial charge in [-0.05, 0) is 63.6 Å². The first-order chi connectivity index (χ1) is 16.7. The highest BCUT2D eigenvalue weighted by atomic mass is 19.1. The van der Waals surface area contributed by atoms with E-state index < -0.39 is 41.7 Å². The molecule has 0 spiro atoms. The summed E-state index contributed by atoms with van der Waals surface area (Å²) in [5.74, 6) is -3.55.